The number of thioether (sulfide) groups is 1. The number of aromatic amines is 1. The number of H-pyrrole nitrogens is 1. The van der Waals surface area contributed by atoms with Crippen molar-refractivity contribution in [1.29, 1.82) is 0 Å². The molecule has 21 heavy (non-hydrogen) atoms. The first-order chi connectivity index (χ1) is 10.2. The fourth-order valence-corrected chi connectivity index (χ4v) is 4.24. The molecule has 1 atom stereocenters. The molecule has 1 aliphatic heterocycles. The number of aromatic hydroxyl groups is 1. The molecule has 0 saturated heterocycles. The SMILES string of the molecule is O=c1[nH]c2ccccc2c2c1SCC2c1ccc(O)cc1. The molecule has 0 bridgehead atoms. The summed E-state index contributed by atoms with van der Waals surface area (Å²) in [6, 6.07) is 15.2. The van der Waals surface area contributed by atoms with Gasteiger partial charge in [0.15, 0.2) is 0 Å². The highest BCUT2D eigenvalue weighted by atomic mass is 32.2. The number of para-hydroxylation sites is 1. The van der Waals surface area contributed by atoms with Crippen LogP contribution in [0.3, 0.4) is 0 Å². The van der Waals surface area contributed by atoms with Crippen LogP contribution in [0.15, 0.2) is 58.2 Å². The fourth-order valence-electron chi connectivity index (χ4n) is 2.96. The second kappa shape index (κ2) is 4.67. The van der Waals surface area contributed by atoms with Crippen LogP contribution in [0.25, 0.3) is 10.9 Å². The topological polar surface area (TPSA) is 53.1 Å². The molecule has 4 rings (SSSR count). The third-order valence-corrected chi connectivity index (χ3v) is 5.15. The molecule has 1 unspecified atom stereocenters. The summed E-state index contributed by atoms with van der Waals surface area (Å²) in [6.45, 7) is 0. The van der Waals surface area contributed by atoms with Crippen molar-refractivity contribution >= 4 is 22.7 Å². The van der Waals surface area contributed by atoms with E-state index >= 15 is 0 Å². The molecule has 4 heteroatoms. The lowest BCUT2D eigenvalue weighted by molar-refractivity contribution is 0.475. The Bertz CT molecular complexity index is 883. The van der Waals surface area contributed by atoms with E-state index in [1.54, 1.807) is 23.9 Å². The van der Waals surface area contributed by atoms with Crippen LogP contribution in [0, 0.1) is 0 Å². The number of phenolic OH excluding ortho intramolecular Hbond substituents is 1. The smallest absolute Gasteiger partial charge is 0.262 e. The van der Waals surface area contributed by atoms with Gasteiger partial charge < -0.3 is 10.1 Å². The van der Waals surface area contributed by atoms with Crippen LogP contribution in [0.4, 0.5) is 0 Å². The van der Waals surface area contributed by atoms with Gasteiger partial charge in [-0.1, -0.05) is 30.3 Å². The number of hydrogen-bond acceptors (Lipinski definition) is 3. The van der Waals surface area contributed by atoms with Crippen molar-refractivity contribution in [3.63, 3.8) is 0 Å². The Labute approximate surface area is 125 Å². The number of fused-ring (bicyclic) bond motifs is 3. The zero-order chi connectivity index (χ0) is 14.4. The van der Waals surface area contributed by atoms with Gasteiger partial charge in [-0.3, -0.25) is 4.79 Å². The Morgan fingerprint density at radius 1 is 1.10 bits per heavy atom. The largest absolute Gasteiger partial charge is 0.508 e. The lowest BCUT2D eigenvalue weighted by Gasteiger charge is -2.13. The van der Waals surface area contributed by atoms with Crippen LogP contribution >= 0.6 is 11.8 Å². The lowest BCUT2D eigenvalue weighted by Crippen LogP contribution is -2.10. The molecule has 1 aromatic heterocycles. The van der Waals surface area contributed by atoms with Gasteiger partial charge in [0, 0.05) is 22.6 Å². The van der Waals surface area contributed by atoms with Crippen LogP contribution in [-0.4, -0.2) is 15.8 Å². The normalized spacial score (nSPS) is 17.0. The number of pyridine rings is 1. The Morgan fingerprint density at radius 3 is 2.67 bits per heavy atom. The molecular formula is C17H13NO2S. The van der Waals surface area contributed by atoms with Crippen molar-refractivity contribution in [2.45, 2.75) is 10.8 Å². The summed E-state index contributed by atoms with van der Waals surface area (Å²) in [6.07, 6.45) is 0. The Kier molecular flexibility index (Phi) is 2.79. The average molecular weight is 295 g/mol. The first-order valence-electron chi connectivity index (χ1n) is 6.80. The monoisotopic (exact) mass is 295 g/mol. The molecule has 2 aromatic carbocycles. The summed E-state index contributed by atoms with van der Waals surface area (Å²) in [4.78, 5) is 16.0. The van der Waals surface area contributed by atoms with Gasteiger partial charge in [-0.2, -0.15) is 0 Å². The molecule has 0 radical (unpaired) electrons. The van der Waals surface area contributed by atoms with Crippen molar-refractivity contribution in [2.75, 3.05) is 5.75 Å². The predicted molar refractivity (Wildman–Crippen MR) is 85.2 cm³/mol. The van der Waals surface area contributed by atoms with E-state index in [0.717, 1.165) is 32.7 Å². The Balaban J connectivity index is 1.98. The Hall–Kier alpha value is -2.20. The van der Waals surface area contributed by atoms with Crippen molar-refractivity contribution < 1.29 is 5.11 Å². The van der Waals surface area contributed by atoms with E-state index in [4.69, 9.17) is 0 Å². The zero-order valence-corrected chi connectivity index (χ0v) is 12.0. The fraction of sp³-hybridized carbons (Fsp3) is 0.118. The maximum absolute atomic E-state index is 12.2. The standard InChI is InChI=1S/C17H13NO2S/c19-11-7-5-10(6-8-11)13-9-21-16-15(13)12-3-1-2-4-14(12)18-17(16)20/h1-8,13,19H,9H2,(H,18,20). The molecule has 104 valence electrons. The number of phenols is 1. The molecule has 0 amide bonds. The molecule has 2 N–H and O–H groups in total. The third kappa shape index (κ3) is 1.94. The number of nitrogens with one attached hydrogen (secondary N) is 1. The van der Waals surface area contributed by atoms with Crippen molar-refractivity contribution in [2.24, 2.45) is 0 Å². The van der Waals surface area contributed by atoms with Gasteiger partial charge in [0.25, 0.3) is 5.56 Å². The Morgan fingerprint density at radius 2 is 1.86 bits per heavy atom. The van der Waals surface area contributed by atoms with Gasteiger partial charge in [-0.05, 0) is 29.3 Å². The minimum Gasteiger partial charge on any atom is -0.508 e. The van der Waals surface area contributed by atoms with E-state index in [1.165, 1.54) is 0 Å². The highest BCUT2D eigenvalue weighted by Crippen LogP contribution is 2.44. The summed E-state index contributed by atoms with van der Waals surface area (Å²) in [7, 11) is 0. The number of hydrogen-bond donors (Lipinski definition) is 2. The molecular weight excluding hydrogens is 282 g/mol. The summed E-state index contributed by atoms with van der Waals surface area (Å²) < 4.78 is 0. The lowest BCUT2D eigenvalue weighted by atomic mass is 9.91. The first kappa shape index (κ1) is 12.5. The van der Waals surface area contributed by atoms with Gasteiger partial charge >= 0.3 is 0 Å². The van der Waals surface area contributed by atoms with E-state index in [2.05, 4.69) is 11.1 Å². The van der Waals surface area contributed by atoms with Gasteiger partial charge in [-0.25, -0.2) is 0 Å². The van der Waals surface area contributed by atoms with Gasteiger partial charge in [0.05, 0.1) is 4.90 Å². The quantitative estimate of drug-likeness (QED) is 0.723. The third-order valence-electron chi connectivity index (χ3n) is 3.95. The first-order valence-corrected chi connectivity index (χ1v) is 7.79. The summed E-state index contributed by atoms with van der Waals surface area (Å²) in [5.41, 5.74) is 3.13. The van der Waals surface area contributed by atoms with Crippen molar-refractivity contribution in [3.8, 4) is 5.75 Å². The summed E-state index contributed by atoms with van der Waals surface area (Å²) >= 11 is 1.61. The van der Waals surface area contributed by atoms with Crippen LogP contribution in [0.1, 0.15) is 17.0 Å². The average Bonchev–Trinajstić information content (AvgIpc) is 2.94. The van der Waals surface area contributed by atoms with Crippen molar-refractivity contribution in [3.05, 3.63) is 70.0 Å². The highest BCUT2D eigenvalue weighted by molar-refractivity contribution is 7.99. The second-order valence-corrected chi connectivity index (χ2v) is 6.23. The minimum atomic E-state index is -0.00465. The maximum Gasteiger partial charge on any atom is 0.262 e. The number of benzene rings is 2. The zero-order valence-electron chi connectivity index (χ0n) is 11.2. The maximum atomic E-state index is 12.2. The number of aromatic nitrogens is 1. The number of rotatable bonds is 1. The molecule has 0 spiro atoms. The van der Waals surface area contributed by atoms with Crippen LogP contribution in [0.2, 0.25) is 0 Å². The molecule has 3 nitrogen and oxygen atoms in total. The van der Waals surface area contributed by atoms with Gasteiger partial charge in [0.2, 0.25) is 0 Å². The second-order valence-electron chi connectivity index (χ2n) is 5.20. The summed E-state index contributed by atoms with van der Waals surface area (Å²) in [5.74, 6) is 1.31. The van der Waals surface area contributed by atoms with E-state index in [9.17, 15) is 9.90 Å². The molecule has 0 saturated carbocycles. The molecule has 0 fully saturated rings. The van der Waals surface area contributed by atoms with Crippen molar-refractivity contribution in [1.82, 2.24) is 4.98 Å². The predicted octanol–water partition coefficient (Wildman–Crippen LogP) is 3.47. The van der Waals surface area contributed by atoms with Crippen LogP contribution < -0.4 is 5.56 Å². The van der Waals surface area contributed by atoms with E-state index in [-0.39, 0.29) is 17.2 Å². The van der Waals surface area contributed by atoms with E-state index in [0.29, 0.717) is 0 Å². The molecule has 0 aliphatic carbocycles. The van der Waals surface area contributed by atoms with Gasteiger partial charge in [-0.15, -0.1) is 11.8 Å². The van der Waals surface area contributed by atoms with Crippen LogP contribution in [-0.2, 0) is 0 Å². The summed E-state index contributed by atoms with van der Waals surface area (Å²) in [5, 5.41) is 10.6. The molecule has 1 aliphatic rings. The van der Waals surface area contributed by atoms with Gasteiger partial charge in [0.1, 0.15) is 5.75 Å². The molecule has 2 heterocycles. The van der Waals surface area contributed by atoms with Crippen LogP contribution in [0.5, 0.6) is 5.75 Å². The van der Waals surface area contributed by atoms with E-state index in [1.807, 2.05) is 30.3 Å². The highest BCUT2D eigenvalue weighted by Gasteiger charge is 2.29. The minimum absolute atomic E-state index is 0.00465. The molecule has 3 aromatic rings. The van der Waals surface area contributed by atoms with E-state index < -0.39 is 0 Å².